The van der Waals surface area contributed by atoms with Gasteiger partial charge in [-0.05, 0) is 26.3 Å². The minimum absolute atomic E-state index is 0.236. The molecule has 3 nitrogen and oxygen atoms in total. The fourth-order valence-electron chi connectivity index (χ4n) is 2.70. The van der Waals surface area contributed by atoms with Crippen molar-refractivity contribution in [2.24, 2.45) is 0 Å². The van der Waals surface area contributed by atoms with E-state index < -0.39 is 0 Å². The lowest BCUT2D eigenvalue weighted by Gasteiger charge is -2.35. The van der Waals surface area contributed by atoms with Gasteiger partial charge in [0.15, 0.2) is 0 Å². The van der Waals surface area contributed by atoms with Gasteiger partial charge in [-0.15, -0.1) is 6.58 Å². The van der Waals surface area contributed by atoms with Gasteiger partial charge in [0.2, 0.25) is 0 Å². The second-order valence-electron chi connectivity index (χ2n) is 5.53. The second kappa shape index (κ2) is 6.22. The Morgan fingerprint density at radius 2 is 2.11 bits per heavy atom. The molecule has 0 saturated carbocycles. The third-order valence-corrected chi connectivity index (χ3v) is 3.68. The van der Waals surface area contributed by atoms with Crippen LogP contribution in [0.5, 0.6) is 5.75 Å². The number of benzene rings is 1. The number of aryl methyl sites for hydroxylation is 1. The Labute approximate surface area is 115 Å². The Morgan fingerprint density at radius 3 is 2.74 bits per heavy atom. The fraction of sp³-hybridized carbons (Fsp3) is 0.500. The molecule has 2 rings (SSSR count). The SMILES string of the molecule is C=C(C)C[C@H](c1cc(C)ccc1O)N1CCNCC1. The molecule has 1 saturated heterocycles. The monoisotopic (exact) mass is 260 g/mol. The van der Waals surface area contributed by atoms with Crippen molar-refractivity contribution in [1.29, 1.82) is 0 Å². The largest absolute Gasteiger partial charge is 0.508 e. The van der Waals surface area contributed by atoms with E-state index in [9.17, 15) is 5.11 Å². The normalized spacial score (nSPS) is 18.2. The summed E-state index contributed by atoms with van der Waals surface area (Å²) in [4.78, 5) is 2.44. The van der Waals surface area contributed by atoms with Gasteiger partial charge in [-0.25, -0.2) is 0 Å². The van der Waals surface area contributed by atoms with Gasteiger partial charge in [-0.1, -0.05) is 23.3 Å². The topological polar surface area (TPSA) is 35.5 Å². The van der Waals surface area contributed by atoms with E-state index in [1.807, 2.05) is 6.07 Å². The maximum Gasteiger partial charge on any atom is 0.120 e. The highest BCUT2D eigenvalue weighted by atomic mass is 16.3. The molecule has 0 bridgehead atoms. The predicted octanol–water partition coefficient (Wildman–Crippen LogP) is 2.61. The third-order valence-electron chi connectivity index (χ3n) is 3.68. The summed E-state index contributed by atoms with van der Waals surface area (Å²) in [7, 11) is 0. The van der Waals surface area contributed by atoms with Crippen LogP contribution in [-0.4, -0.2) is 36.2 Å². The van der Waals surface area contributed by atoms with Gasteiger partial charge in [-0.2, -0.15) is 0 Å². The summed E-state index contributed by atoms with van der Waals surface area (Å²) in [5.41, 5.74) is 3.38. The van der Waals surface area contributed by atoms with Crippen LogP contribution in [0.4, 0.5) is 0 Å². The van der Waals surface area contributed by atoms with Crippen molar-refractivity contribution < 1.29 is 5.11 Å². The number of hydrogen-bond acceptors (Lipinski definition) is 3. The Kier molecular flexibility index (Phi) is 4.61. The Balaban J connectivity index is 2.29. The molecule has 1 fully saturated rings. The second-order valence-corrected chi connectivity index (χ2v) is 5.53. The van der Waals surface area contributed by atoms with Crippen LogP contribution >= 0.6 is 0 Å². The summed E-state index contributed by atoms with van der Waals surface area (Å²) in [6.07, 6.45) is 0.900. The third kappa shape index (κ3) is 3.58. The summed E-state index contributed by atoms with van der Waals surface area (Å²) >= 11 is 0. The summed E-state index contributed by atoms with van der Waals surface area (Å²) in [6, 6.07) is 6.09. The Morgan fingerprint density at radius 1 is 1.42 bits per heavy atom. The van der Waals surface area contributed by atoms with Crippen molar-refractivity contribution in [2.45, 2.75) is 26.3 Å². The Bertz CT molecular complexity index is 450. The van der Waals surface area contributed by atoms with Crippen LogP contribution in [0.1, 0.15) is 30.5 Å². The first-order valence-electron chi connectivity index (χ1n) is 6.96. The van der Waals surface area contributed by atoms with E-state index in [0.717, 1.165) is 43.7 Å². The van der Waals surface area contributed by atoms with E-state index >= 15 is 0 Å². The first-order valence-corrected chi connectivity index (χ1v) is 6.96. The number of phenolic OH excluding ortho intramolecular Hbond substituents is 1. The summed E-state index contributed by atoms with van der Waals surface area (Å²) in [6.45, 7) is 12.2. The maximum atomic E-state index is 10.2. The van der Waals surface area contributed by atoms with Gasteiger partial charge in [0.1, 0.15) is 5.75 Å². The van der Waals surface area contributed by atoms with Crippen LogP contribution in [0.2, 0.25) is 0 Å². The molecule has 1 aliphatic heterocycles. The molecule has 0 radical (unpaired) electrons. The van der Waals surface area contributed by atoms with E-state index in [1.54, 1.807) is 6.07 Å². The van der Waals surface area contributed by atoms with Crippen molar-refractivity contribution in [3.63, 3.8) is 0 Å². The van der Waals surface area contributed by atoms with Gasteiger partial charge in [0.05, 0.1) is 0 Å². The van der Waals surface area contributed by atoms with Crippen molar-refractivity contribution in [1.82, 2.24) is 10.2 Å². The summed E-state index contributed by atoms with van der Waals surface area (Å²) < 4.78 is 0. The quantitative estimate of drug-likeness (QED) is 0.817. The van der Waals surface area contributed by atoms with Crippen LogP contribution in [0, 0.1) is 6.92 Å². The minimum Gasteiger partial charge on any atom is -0.508 e. The van der Waals surface area contributed by atoms with Crippen molar-refractivity contribution in [3.05, 3.63) is 41.5 Å². The van der Waals surface area contributed by atoms with Crippen LogP contribution < -0.4 is 5.32 Å². The standard InChI is InChI=1S/C16H24N2O/c1-12(2)10-15(18-8-6-17-7-9-18)14-11-13(3)4-5-16(14)19/h4-5,11,15,17,19H,1,6-10H2,2-3H3/t15-/m1/s1. The molecule has 0 amide bonds. The molecule has 0 unspecified atom stereocenters. The number of phenols is 1. The molecule has 1 aromatic rings. The van der Waals surface area contributed by atoms with Crippen LogP contribution in [0.25, 0.3) is 0 Å². The van der Waals surface area contributed by atoms with Gasteiger partial charge in [0.25, 0.3) is 0 Å². The Hall–Kier alpha value is -1.32. The van der Waals surface area contributed by atoms with Crippen molar-refractivity contribution >= 4 is 0 Å². The first kappa shape index (κ1) is 14.1. The first-order chi connectivity index (χ1) is 9.08. The van der Waals surface area contributed by atoms with Crippen LogP contribution in [0.3, 0.4) is 0 Å². The molecule has 0 aliphatic carbocycles. The molecular formula is C16H24N2O. The minimum atomic E-state index is 0.236. The lowest BCUT2D eigenvalue weighted by molar-refractivity contribution is 0.170. The van der Waals surface area contributed by atoms with E-state index in [4.69, 9.17) is 0 Å². The van der Waals surface area contributed by atoms with E-state index in [-0.39, 0.29) is 6.04 Å². The zero-order valence-corrected chi connectivity index (χ0v) is 11.9. The number of nitrogens with zero attached hydrogens (tertiary/aromatic N) is 1. The number of hydrogen-bond donors (Lipinski definition) is 2. The number of nitrogens with one attached hydrogen (secondary N) is 1. The van der Waals surface area contributed by atoms with E-state index in [1.165, 1.54) is 5.56 Å². The number of aromatic hydroxyl groups is 1. The molecular weight excluding hydrogens is 236 g/mol. The summed E-state index contributed by atoms with van der Waals surface area (Å²) in [5.74, 6) is 0.399. The highest BCUT2D eigenvalue weighted by Crippen LogP contribution is 2.33. The summed E-state index contributed by atoms with van der Waals surface area (Å²) in [5, 5.41) is 13.6. The maximum absolute atomic E-state index is 10.2. The molecule has 19 heavy (non-hydrogen) atoms. The van der Waals surface area contributed by atoms with Crippen LogP contribution in [-0.2, 0) is 0 Å². The molecule has 1 aromatic carbocycles. The molecule has 1 atom stereocenters. The van der Waals surface area contributed by atoms with Gasteiger partial charge in [-0.3, -0.25) is 4.90 Å². The number of rotatable bonds is 4. The highest BCUT2D eigenvalue weighted by Gasteiger charge is 2.24. The molecule has 3 heteroatoms. The van der Waals surface area contributed by atoms with Crippen molar-refractivity contribution in [3.8, 4) is 5.75 Å². The average Bonchev–Trinajstić information content (AvgIpc) is 2.40. The lowest BCUT2D eigenvalue weighted by Crippen LogP contribution is -2.45. The average molecular weight is 260 g/mol. The molecule has 2 N–H and O–H groups in total. The predicted molar refractivity (Wildman–Crippen MR) is 79.5 cm³/mol. The molecule has 1 heterocycles. The lowest BCUT2D eigenvalue weighted by atomic mass is 9.95. The molecule has 104 valence electrons. The fourth-order valence-corrected chi connectivity index (χ4v) is 2.70. The number of piperazine rings is 1. The van der Waals surface area contributed by atoms with Gasteiger partial charge < -0.3 is 10.4 Å². The van der Waals surface area contributed by atoms with E-state index in [0.29, 0.717) is 5.75 Å². The van der Waals surface area contributed by atoms with Gasteiger partial charge >= 0.3 is 0 Å². The molecule has 0 spiro atoms. The molecule has 1 aliphatic rings. The zero-order chi connectivity index (χ0) is 13.8. The smallest absolute Gasteiger partial charge is 0.120 e. The van der Waals surface area contributed by atoms with Crippen LogP contribution in [0.15, 0.2) is 30.4 Å². The zero-order valence-electron chi connectivity index (χ0n) is 11.9. The van der Waals surface area contributed by atoms with Crippen molar-refractivity contribution in [2.75, 3.05) is 26.2 Å². The van der Waals surface area contributed by atoms with E-state index in [2.05, 4.69) is 36.7 Å². The molecule has 0 aromatic heterocycles. The highest BCUT2D eigenvalue weighted by molar-refractivity contribution is 5.38. The van der Waals surface area contributed by atoms with Gasteiger partial charge in [0, 0.05) is 37.8 Å².